The second-order valence-corrected chi connectivity index (χ2v) is 18.3. The summed E-state index contributed by atoms with van der Waals surface area (Å²) < 4.78 is 66.9. The van der Waals surface area contributed by atoms with Gasteiger partial charge in [0.2, 0.25) is 0 Å². The first-order valence-corrected chi connectivity index (χ1v) is 21.4. The van der Waals surface area contributed by atoms with E-state index in [1.54, 1.807) is 0 Å². The molecule has 0 saturated carbocycles. The average Bonchev–Trinajstić information content (AvgIpc) is 3.75. The lowest BCUT2D eigenvalue weighted by atomic mass is 9.77. The molecule has 13 nitrogen and oxygen atoms in total. The highest BCUT2D eigenvalue weighted by atomic mass is 16.8. The fourth-order valence-corrected chi connectivity index (χ4v) is 12.0. The maximum absolute atomic E-state index is 14.1. The molecule has 11 aliphatic heterocycles. The van der Waals surface area contributed by atoms with Gasteiger partial charge in [-0.05, 0) is 68.4 Å². The van der Waals surface area contributed by atoms with Crippen molar-refractivity contribution in [1.82, 2.24) is 0 Å². The third kappa shape index (κ3) is 6.69. The lowest BCUT2D eigenvalue weighted by Gasteiger charge is -2.51. The lowest BCUT2D eigenvalue weighted by molar-refractivity contribution is -0.294. The number of hydrogen-bond donors (Lipinski definition) is 2. The van der Waals surface area contributed by atoms with Gasteiger partial charge in [-0.1, -0.05) is 27.0 Å². The minimum atomic E-state index is -0.863. The predicted octanol–water partition coefficient (Wildman–Crippen LogP) is 3.59. The molecule has 0 radical (unpaired) electrons. The van der Waals surface area contributed by atoms with Gasteiger partial charge in [-0.15, -0.1) is 0 Å². The number of fused-ring (bicyclic) bond motifs is 7. The standard InChI is InChI=1S/C42H60O13/c1-5-25-35-30(15-26(44)33(18-43)52-35)49-31-16-29-21(4)19(2)12-22(47-29)6-8-27-20(3)13-24(46-27)10-11-42-17-32-38(54-42)39-40(51-32)41(55-42)37-28(50-39)9-7-23(48-37)14-34(45)53-36(25)31/h19,22-33,35-41,43-44H,3-18H2,1-2H3/t19-,22+,23-,24+,25+,26+,27+,28+,29-,30+,31+,32+,33-,35+,36-,37+,38+,39+,40-,41+,42+/m1/s1. The van der Waals surface area contributed by atoms with Crippen molar-refractivity contribution >= 4 is 5.97 Å². The van der Waals surface area contributed by atoms with Crippen LogP contribution in [0.25, 0.3) is 0 Å². The third-order valence-corrected chi connectivity index (χ3v) is 14.9. The maximum Gasteiger partial charge on any atom is 0.308 e. The van der Waals surface area contributed by atoms with Gasteiger partial charge in [0.25, 0.3) is 0 Å². The van der Waals surface area contributed by atoms with E-state index in [1.807, 2.05) is 0 Å². The molecule has 11 aliphatic rings. The van der Waals surface area contributed by atoms with Gasteiger partial charge in [-0.2, -0.15) is 0 Å². The van der Waals surface area contributed by atoms with Crippen LogP contribution in [0.3, 0.4) is 0 Å². The molecule has 0 aliphatic carbocycles. The van der Waals surface area contributed by atoms with E-state index in [0.717, 1.165) is 49.7 Å². The van der Waals surface area contributed by atoms with Gasteiger partial charge in [-0.3, -0.25) is 4.79 Å². The molecular formula is C42H60O13. The summed E-state index contributed by atoms with van der Waals surface area (Å²) in [5.41, 5.74) is 2.14. The van der Waals surface area contributed by atoms with Crippen LogP contribution in [-0.2, 0) is 52.2 Å². The largest absolute Gasteiger partial charge is 0.459 e. The molecular weight excluding hydrogens is 712 g/mol. The van der Waals surface area contributed by atoms with Crippen LogP contribution in [-0.4, -0.2) is 138 Å². The van der Waals surface area contributed by atoms with Crippen molar-refractivity contribution < 1.29 is 62.4 Å². The van der Waals surface area contributed by atoms with E-state index < -0.39 is 54.6 Å². The molecule has 306 valence electrons. The zero-order valence-corrected chi connectivity index (χ0v) is 32.2. The molecule has 21 atom stereocenters. The minimum Gasteiger partial charge on any atom is -0.459 e. The number of aliphatic hydroxyl groups is 2. The number of carbonyl (C=O) groups excluding carboxylic acids is 1. The van der Waals surface area contributed by atoms with E-state index in [0.29, 0.717) is 38.5 Å². The Morgan fingerprint density at radius 1 is 0.691 bits per heavy atom. The van der Waals surface area contributed by atoms with Crippen LogP contribution < -0.4 is 0 Å². The second-order valence-electron chi connectivity index (χ2n) is 18.3. The molecule has 0 aromatic carbocycles. The van der Waals surface area contributed by atoms with Crippen LogP contribution in [0.4, 0.5) is 0 Å². The van der Waals surface area contributed by atoms with Crippen LogP contribution >= 0.6 is 0 Å². The maximum atomic E-state index is 14.1. The minimum absolute atomic E-state index is 0.00125. The number of ether oxygens (including phenoxy) is 10. The summed E-state index contributed by atoms with van der Waals surface area (Å²) in [6, 6.07) is 0. The van der Waals surface area contributed by atoms with E-state index in [4.69, 9.17) is 47.4 Å². The highest BCUT2D eigenvalue weighted by Crippen LogP contribution is 2.54. The van der Waals surface area contributed by atoms with E-state index in [1.165, 1.54) is 0 Å². The van der Waals surface area contributed by atoms with Crippen molar-refractivity contribution in [3.05, 3.63) is 24.3 Å². The average molecular weight is 773 g/mol. The molecule has 12 bridgehead atoms. The molecule has 1 spiro atoms. The van der Waals surface area contributed by atoms with Gasteiger partial charge in [0.15, 0.2) is 5.79 Å². The topological polar surface area (TPSA) is 150 Å². The van der Waals surface area contributed by atoms with Gasteiger partial charge in [0.1, 0.15) is 42.7 Å². The molecule has 0 amide bonds. The van der Waals surface area contributed by atoms with Crippen LogP contribution in [0.5, 0.6) is 0 Å². The summed E-state index contributed by atoms with van der Waals surface area (Å²) in [4.78, 5) is 14.1. The molecule has 2 N–H and O–H groups in total. The first-order valence-electron chi connectivity index (χ1n) is 21.4. The van der Waals surface area contributed by atoms with Gasteiger partial charge < -0.3 is 57.6 Å². The lowest BCUT2D eigenvalue weighted by Crippen LogP contribution is -2.62. The Labute approximate surface area is 323 Å². The van der Waals surface area contributed by atoms with Crippen molar-refractivity contribution in [1.29, 1.82) is 0 Å². The van der Waals surface area contributed by atoms with Crippen LogP contribution in [0.15, 0.2) is 24.3 Å². The highest BCUT2D eigenvalue weighted by Gasteiger charge is 2.69. The molecule has 0 unspecified atom stereocenters. The van der Waals surface area contributed by atoms with Crippen molar-refractivity contribution in [3.8, 4) is 0 Å². The van der Waals surface area contributed by atoms with Crippen LogP contribution in [0, 0.1) is 11.8 Å². The summed E-state index contributed by atoms with van der Waals surface area (Å²) in [5, 5.41) is 20.9. The van der Waals surface area contributed by atoms with E-state index in [9.17, 15) is 15.0 Å². The predicted molar refractivity (Wildman–Crippen MR) is 193 cm³/mol. The van der Waals surface area contributed by atoms with Crippen LogP contribution in [0.2, 0.25) is 0 Å². The van der Waals surface area contributed by atoms with E-state index in [2.05, 4.69) is 27.0 Å². The first-order chi connectivity index (χ1) is 26.6. The zero-order valence-electron chi connectivity index (χ0n) is 32.2. The molecule has 11 fully saturated rings. The fraction of sp³-hybridized carbons (Fsp3) is 0.881. The Hall–Kier alpha value is -1.49. The van der Waals surface area contributed by atoms with Crippen molar-refractivity contribution in [2.45, 2.75) is 213 Å². The SMILES string of the molecule is C=C1C[C@@H]2CC[C@@]34C[C@@H]5O[C@@H]6[C@@H](O[C@H]7CC[C@H](CC(=O)O[C@@H]8[C@@H](CC)[C@@H]9O[C@H](CO)[C@@H](O)C[C@@H]9O[C@H]8C[C@H]8O[C@@H](CC[C@@H]1O2)C[C@@H](C)C8=C)O[C@@H]7[C@@H]6O3)[C@H]5O4. The summed E-state index contributed by atoms with van der Waals surface area (Å²) in [6.45, 7) is 12.9. The number of esters is 1. The Bertz CT molecular complexity index is 1490. The van der Waals surface area contributed by atoms with Gasteiger partial charge in [0.05, 0.1) is 80.2 Å². The van der Waals surface area contributed by atoms with Gasteiger partial charge >= 0.3 is 5.97 Å². The second kappa shape index (κ2) is 14.7. The summed E-state index contributed by atoms with van der Waals surface area (Å²) >= 11 is 0. The normalized spacial score (nSPS) is 54.9. The summed E-state index contributed by atoms with van der Waals surface area (Å²) in [6.07, 6.45) is 2.23. The van der Waals surface area contributed by atoms with E-state index in [-0.39, 0.29) is 91.9 Å². The Morgan fingerprint density at radius 2 is 1.44 bits per heavy atom. The van der Waals surface area contributed by atoms with Gasteiger partial charge in [-0.25, -0.2) is 0 Å². The van der Waals surface area contributed by atoms with Gasteiger partial charge in [0, 0.05) is 31.6 Å². The quantitative estimate of drug-likeness (QED) is 0.312. The number of carbonyl (C=O) groups is 1. The molecule has 55 heavy (non-hydrogen) atoms. The number of rotatable bonds is 2. The fourth-order valence-electron chi connectivity index (χ4n) is 12.0. The molecule has 0 aromatic heterocycles. The van der Waals surface area contributed by atoms with Crippen molar-refractivity contribution in [2.24, 2.45) is 11.8 Å². The van der Waals surface area contributed by atoms with Crippen molar-refractivity contribution in [3.63, 3.8) is 0 Å². The van der Waals surface area contributed by atoms with Crippen molar-refractivity contribution in [2.75, 3.05) is 6.61 Å². The zero-order chi connectivity index (χ0) is 37.7. The first kappa shape index (κ1) is 37.8. The molecule has 11 rings (SSSR count). The Balaban J connectivity index is 0.946. The highest BCUT2D eigenvalue weighted by molar-refractivity contribution is 5.70. The molecule has 0 aromatic rings. The van der Waals surface area contributed by atoms with Crippen LogP contribution in [0.1, 0.15) is 97.3 Å². The smallest absolute Gasteiger partial charge is 0.308 e. The van der Waals surface area contributed by atoms with E-state index >= 15 is 0 Å². The molecule has 11 heterocycles. The monoisotopic (exact) mass is 772 g/mol. The Kier molecular flexibility index (Phi) is 10.1. The number of hydrogen-bond acceptors (Lipinski definition) is 13. The third-order valence-electron chi connectivity index (χ3n) is 14.9. The summed E-state index contributed by atoms with van der Waals surface area (Å²) in [7, 11) is 0. The number of aliphatic hydroxyl groups excluding tert-OH is 2. The summed E-state index contributed by atoms with van der Waals surface area (Å²) in [5.74, 6) is -1.16. The molecule has 13 heteroatoms. The molecule has 11 saturated heterocycles. The Morgan fingerprint density at radius 3 is 2.27 bits per heavy atom.